The van der Waals surface area contributed by atoms with Crippen molar-refractivity contribution >= 4 is 29.3 Å². The van der Waals surface area contributed by atoms with Gasteiger partial charge in [-0.2, -0.15) is 0 Å². The third-order valence-corrected chi connectivity index (χ3v) is 6.03. The zero-order valence-corrected chi connectivity index (χ0v) is 16.8. The number of imidazole rings is 1. The van der Waals surface area contributed by atoms with Crippen LogP contribution in [0.4, 0.5) is 16.0 Å². The second kappa shape index (κ2) is 8.60. The van der Waals surface area contributed by atoms with E-state index in [0.29, 0.717) is 37.6 Å². The first-order valence-electron chi connectivity index (χ1n) is 9.38. The number of carbonyl (C=O) groups excluding carboxylic acids is 1. The number of aromatic nitrogens is 4. The topological polar surface area (TPSA) is 75.9 Å². The number of nitrogens with zero attached hydrogens (tertiary/aromatic N) is 5. The number of halogens is 1. The summed E-state index contributed by atoms with van der Waals surface area (Å²) in [6.45, 7) is 1.42. The van der Waals surface area contributed by atoms with Gasteiger partial charge in [0.15, 0.2) is 5.16 Å². The van der Waals surface area contributed by atoms with E-state index in [9.17, 15) is 9.18 Å². The molecule has 9 heteroatoms. The molecule has 4 rings (SSSR count). The molecule has 1 fully saturated rings. The quantitative estimate of drug-likeness (QED) is 0.693. The first kappa shape index (κ1) is 19.4. The van der Waals surface area contributed by atoms with E-state index < -0.39 is 0 Å². The maximum absolute atomic E-state index is 13.8. The van der Waals surface area contributed by atoms with E-state index in [2.05, 4.69) is 25.2 Å². The van der Waals surface area contributed by atoms with Gasteiger partial charge in [-0.15, -0.1) is 0 Å². The number of carbonyl (C=O) groups is 1. The summed E-state index contributed by atoms with van der Waals surface area (Å²) < 4.78 is 15.7. The number of nitrogens with one attached hydrogen (secondary N) is 1. The highest BCUT2D eigenvalue weighted by molar-refractivity contribution is 7.99. The molecule has 3 heterocycles. The van der Waals surface area contributed by atoms with Gasteiger partial charge in [0.2, 0.25) is 11.9 Å². The molecule has 0 radical (unpaired) electrons. The number of hydrogen-bond acceptors (Lipinski definition) is 6. The molecule has 3 aromatic rings. The van der Waals surface area contributed by atoms with Crippen molar-refractivity contribution in [1.82, 2.24) is 19.5 Å². The number of amides is 1. The minimum Gasteiger partial charge on any atom is -0.341 e. The van der Waals surface area contributed by atoms with Crippen LogP contribution in [0.2, 0.25) is 0 Å². The first-order valence-corrected chi connectivity index (χ1v) is 10.2. The summed E-state index contributed by atoms with van der Waals surface area (Å²) in [5.74, 6) is 0.0703. The Morgan fingerprint density at radius 3 is 2.62 bits per heavy atom. The molecule has 0 unspecified atom stereocenters. The molecule has 1 aliphatic heterocycles. The number of anilines is 2. The Labute approximate surface area is 172 Å². The van der Waals surface area contributed by atoms with Crippen LogP contribution in [-0.4, -0.2) is 38.5 Å². The van der Waals surface area contributed by atoms with Crippen LogP contribution in [0.3, 0.4) is 0 Å². The highest BCUT2D eigenvalue weighted by Crippen LogP contribution is 2.33. The highest BCUT2D eigenvalue weighted by atomic mass is 32.2. The number of rotatable bonds is 5. The Kier molecular flexibility index (Phi) is 5.75. The number of piperidine rings is 1. The molecule has 0 aliphatic carbocycles. The average Bonchev–Trinajstić information content (AvgIpc) is 3.15. The van der Waals surface area contributed by atoms with Crippen LogP contribution in [-0.2, 0) is 11.8 Å². The largest absolute Gasteiger partial charge is 0.341 e. The zero-order valence-electron chi connectivity index (χ0n) is 16.0. The third kappa shape index (κ3) is 4.56. The van der Waals surface area contributed by atoms with Gasteiger partial charge in [0.05, 0.1) is 5.69 Å². The lowest BCUT2D eigenvalue weighted by Gasteiger charge is -2.31. The molecule has 0 spiro atoms. The SMILES string of the molecule is Cn1ccnc1Sc1ccc(F)cc1NC(=O)C1CCN(c2ncccn2)CC1. The number of benzene rings is 1. The van der Waals surface area contributed by atoms with E-state index in [1.54, 1.807) is 30.7 Å². The van der Waals surface area contributed by atoms with Crippen LogP contribution >= 0.6 is 11.8 Å². The Morgan fingerprint density at radius 2 is 1.93 bits per heavy atom. The van der Waals surface area contributed by atoms with Gasteiger partial charge >= 0.3 is 0 Å². The van der Waals surface area contributed by atoms with Crippen LogP contribution < -0.4 is 10.2 Å². The van der Waals surface area contributed by atoms with E-state index in [0.717, 1.165) is 10.1 Å². The van der Waals surface area contributed by atoms with E-state index in [-0.39, 0.29) is 17.6 Å². The molecule has 0 bridgehead atoms. The van der Waals surface area contributed by atoms with Crippen molar-refractivity contribution in [1.29, 1.82) is 0 Å². The lowest BCUT2D eigenvalue weighted by molar-refractivity contribution is -0.120. The van der Waals surface area contributed by atoms with Gasteiger partial charge in [-0.25, -0.2) is 19.3 Å². The van der Waals surface area contributed by atoms with Crippen LogP contribution in [0, 0.1) is 11.7 Å². The van der Waals surface area contributed by atoms with E-state index in [4.69, 9.17) is 0 Å². The number of hydrogen-bond donors (Lipinski definition) is 1. The maximum Gasteiger partial charge on any atom is 0.227 e. The van der Waals surface area contributed by atoms with E-state index in [1.807, 2.05) is 17.8 Å². The molecule has 0 saturated carbocycles. The van der Waals surface area contributed by atoms with Crippen molar-refractivity contribution in [2.75, 3.05) is 23.3 Å². The normalized spacial score (nSPS) is 14.8. The molecule has 0 atom stereocenters. The van der Waals surface area contributed by atoms with Crippen molar-refractivity contribution in [3.63, 3.8) is 0 Å². The van der Waals surface area contributed by atoms with Crippen LogP contribution in [0.1, 0.15) is 12.8 Å². The summed E-state index contributed by atoms with van der Waals surface area (Å²) in [7, 11) is 1.89. The van der Waals surface area contributed by atoms with Gasteiger partial charge in [-0.1, -0.05) is 0 Å². The van der Waals surface area contributed by atoms with Crippen molar-refractivity contribution in [2.45, 2.75) is 22.9 Å². The summed E-state index contributed by atoms with van der Waals surface area (Å²) in [4.78, 5) is 28.5. The minimum absolute atomic E-state index is 0.0917. The molecule has 1 N–H and O–H groups in total. The molecular weight excluding hydrogens is 391 g/mol. The summed E-state index contributed by atoms with van der Waals surface area (Å²) in [5, 5.41) is 3.69. The molecule has 1 aromatic carbocycles. The van der Waals surface area contributed by atoms with Gasteiger partial charge in [0.1, 0.15) is 5.82 Å². The summed E-state index contributed by atoms with van der Waals surface area (Å²) >= 11 is 1.39. The Bertz CT molecular complexity index is 988. The fourth-order valence-electron chi connectivity index (χ4n) is 3.27. The van der Waals surface area contributed by atoms with Gasteiger partial charge in [0, 0.05) is 55.7 Å². The molecule has 1 amide bonds. The maximum atomic E-state index is 13.8. The summed E-state index contributed by atoms with van der Waals surface area (Å²) in [6.07, 6.45) is 8.36. The second-order valence-electron chi connectivity index (χ2n) is 6.86. The third-order valence-electron chi connectivity index (χ3n) is 4.88. The van der Waals surface area contributed by atoms with Crippen LogP contribution in [0.5, 0.6) is 0 Å². The van der Waals surface area contributed by atoms with Crippen molar-refractivity contribution in [3.05, 3.63) is 54.9 Å². The van der Waals surface area contributed by atoms with Gasteiger partial charge in [0.25, 0.3) is 0 Å². The molecule has 2 aromatic heterocycles. The molecular formula is C20H21FN6OS. The van der Waals surface area contributed by atoms with Crippen molar-refractivity contribution in [2.24, 2.45) is 13.0 Å². The predicted molar refractivity (Wildman–Crippen MR) is 109 cm³/mol. The van der Waals surface area contributed by atoms with Gasteiger partial charge in [-0.05, 0) is 48.9 Å². The molecule has 7 nitrogen and oxygen atoms in total. The van der Waals surface area contributed by atoms with Crippen molar-refractivity contribution < 1.29 is 9.18 Å². The predicted octanol–water partition coefficient (Wildman–Crippen LogP) is 3.36. The average molecular weight is 412 g/mol. The minimum atomic E-state index is -0.388. The molecule has 1 saturated heterocycles. The van der Waals surface area contributed by atoms with Crippen molar-refractivity contribution in [3.8, 4) is 0 Å². The fraction of sp³-hybridized carbons (Fsp3) is 0.300. The summed E-state index contributed by atoms with van der Waals surface area (Å²) in [6, 6.07) is 6.19. The molecule has 150 valence electrons. The zero-order chi connectivity index (χ0) is 20.2. The first-order chi connectivity index (χ1) is 14.1. The lowest BCUT2D eigenvalue weighted by Crippen LogP contribution is -2.39. The van der Waals surface area contributed by atoms with Gasteiger partial charge in [-0.3, -0.25) is 4.79 Å². The Morgan fingerprint density at radius 1 is 1.17 bits per heavy atom. The molecule has 29 heavy (non-hydrogen) atoms. The lowest BCUT2D eigenvalue weighted by atomic mass is 9.96. The smallest absolute Gasteiger partial charge is 0.227 e. The highest BCUT2D eigenvalue weighted by Gasteiger charge is 2.26. The van der Waals surface area contributed by atoms with E-state index >= 15 is 0 Å². The van der Waals surface area contributed by atoms with Gasteiger partial charge < -0.3 is 14.8 Å². The Balaban J connectivity index is 1.42. The standard InChI is InChI=1S/C20H21FN6OS/c1-26-12-9-24-20(26)29-17-4-3-15(21)13-16(17)25-18(28)14-5-10-27(11-6-14)19-22-7-2-8-23-19/h2-4,7-9,12-14H,5-6,10-11H2,1H3,(H,25,28). The molecule has 1 aliphatic rings. The van der Waals surface area contributed by atoms with Crippen LogP contribution in [0.25, 0.3) is 0 Å². The van der Waals surface area contributed by atoms with E-state index in [1.165, 1.54) is 23.9 Å². The fourth-order valence-corrected chi connectivity index (χ4v) is 4.14. The van der Waals surface area contributed by atoms with Crippen LogP contribution in [0.15, 0.2) is 59.1 Å². The number of aryl methyl sites for hydroxylation is 1. The monoisotopic (exact) mass is 412 g/mol. The summed E-state index contributed by atoms with van der Waals surface area (Å²) in [5.41, 5.74) is 0.469. The second-order valence-corrected chi connectivity index (χ2v) is 7.87. The Hall–Kier alpha value is -2.94.